The molecule has 0 bridgehead atoms. The van der Waals surface area contributed by atoms with Gasteiger partial charge in [0.25, 0.3) is 0 Å². The standard InChI is InChI=1S/C13H17N/c1-4-10-14(3)12(2)11-13-8-6-5-7-9-13/h1,5-9,12H,10-11H2,2-3H3/t12-/m1/s1/i1D,2D3,3D3,5D,6D,7D,8D,9D,12D. The summed E-state index contributed by atoms with van der Waals surface area (Å²) in [5.74, 6) is 2.09. The maximum atomic E-state index is 8.43. The smallest absolute Gasteiger partial charge is 0.124 e. The van der Waals surface area contributed by atoms with Crippen molar-refractivity contribution in [2.24, 2.45) is 0 Å². The van der Waals surface area contributed by atoms with Crippen LogP contribution in [0.25, 0.3) is 0 Å². The van der Waals surface area contributed by atoms with Gasteiger partial charge in [-0.3, -0.25) is 4.90 Å². The molecule has 0 fully saturated rings. The fourth-order valence-electron chi connectivity index (χ4n) is 0.802. The second-order valence-corrected chi connectivity index (χ2v) is 2.49. The molecule has 0 aliphatic rings. The molecule has 0 amide bonds. The quantitative estimate of drug-likeness (QED) is 0.673. The van der Waals surface area contributed by atoms with Crippen LogP contribution >= 0.6 is 0 Å². The molecule has 74 valence electrons. The predicted molar refractivity (Wildman–Crippen MR) is 61.1 cm³/mol. The van der Waals surface area contributed by atoms with Crippen molar-refractivity contribution in [3.8, 4) is 12.3 Å². The average molecular weight is 200 g/mol. The van der Waals surface area contributed by atoms with E-state index in [0.29, 0.717) is 0 Å². The Morgan fingerprint density at radius 2 is 2.57 bits per heavy atom. The molecule has 1 heteroatoms. The van der Waals surface area contributed by atoms with E-state index in [0.717, 1.165) is 0 Å². The van der Waals surface area contributed by atoms with Crippen LogP contribution < -0.4 is 0 Å². The minimum Gasteiger partial charge on any atom is -0.292 e. The maximum absolute atomic E-state index is 8.43. The Labute approximate surface area is 105 Å². The van der Waals surface area contributed by atoms with Crippen LogP contribution in [0.1, 0.15) is 30.2 Å². The van der Waals surface area contributed by atoms with Gasteiger partial charge in [0.2, 0.25) is 0 Å². The molecule has 0 saturated heterocycles. The highest BCUT2D eigenvalue weighted by Crippen LogP contribution is 2.06. The topological polar surface area (TPSA) is 3.24 Å². The molecule has 0 N–H and O–H groups in total. The van der Waals surface area contributed by atoms with Crippen molar-refractivity contribution >= 4 is 0 Å². The van der Waals surface area contributed by atoms with Gasteiger partial charge in [-0.2, -0.15) is 0 Å². The van der Waals surface area contributed by atoms with Crippen LogP contribution in [-0.2, 0) is 6.42 Å². The third kappa shape index (κ3) is 3.24. The second-order valence-electron chi connectivity index (χ2n) is 2.49. The normalized spacial score (nSPS) is 29.4. The Morgan fingerprint density at radius 1 is 1.71 bits per heavy atom. The number of benzene rings is 1. The monoisotopic (exact) mass is 200 g/mol. The van der Waals surface area contributed by atoms with Gasteiger partial charge in [-0.05, 0) is 25.8 Å². The Morgan fingerprint density at radius 3 is 3.21 bits per heavy atom. The van der Waals surface area contributed by atoms with E-state index in [2.05, 4.69) is 5.92 Å². The van der Waals surface area contributed by atoms with Gasteiger partial charge in [-0.25, -0.2) is 0 Å². The van der Waals surface area contributed by atoms with Crippen molar-refractivity contribution in [1.29, 1.82) is 0 Å². The molecule has 1 rings (SSSR count). The first-order valence-corrected chi connectivity index (χ1v) is 3.82. The van der Waals surface area contributed by atoms with E-state index in [1.165, 1.54) is 0 Å². The summed E-state index contributed by atoms with van der Waals surface area (Å²) in [4.78, 5) is 0.273. The number of hydrogen-bond acceptors (Lipinski definition) is 1. The summed E-state index contributed by atoms with van der Waals surface area (Å²) in [6.45, 7) is -7.07. The van der Waals surface area contributed by atoms with Gasteiger partial charge in [0.05, 0.1) is 13.4 Å². The third-order valence-electron chi connectivity index (χ3n) is 1.46. The van der Waals surface area contributed by atoms with Crippen LogP contribution in [-0.4, -0.2) is 24.4 Å². The van der Waals surface area contributed by atoms with Crippen molar-refractivity contribution in [3.63, 3.8) is 0 Å². The number of hydrogen-bond donors (Lipinski definition) is 0. The van der Waals surface area contributed by atoms with Gasteiger partial charge in [0, 0.05) is 15.6 Å². The molecule has 0 aromatic heterocycles. The first-order chi connectivity index (χ1) is 12.1. The molecule has 0 unspecified atom stereocenters. The first kappa shape index (κ1) is 2.65. The summed E-state index contributed by atoms with van der Waals surface area (Å²) >= 11 is 0. The van der Waals surface area contributed by atoms with Gasteiger partial charge in [-0.1, -0.05) is 36.1 Å². The number of nitrogens with zero attached hydrogens (tertiary/aromatic N) is 1. The molecule has 14 heavy (non-hydrogen) atoms. The average Bonchev–Trinajstić information content (AvgIpc) is 2.53. The van der Waals surface area contributed by atoms with Crippen LogP contribution in [0.2, 0.25) is 0 Å². The number of terminal acetylenes is 1. The molecular formula is C13H17N. The Bertz CT molecular complexity index is 741. The van der Waals surface area contributed by atoms with E-state index in [4.69, 9.17) is 17.8 Å². The lowest BCUT2D eigenvalue weighted by Gasteiger charge is -2.22. The lowest BCUT2D eigenvalue weighted by Crippen LogP contribution is -2.31. The molecule has 0 saturated carbocycles. The summed E-state index contributed by atoms with van der Waals surface area (Å²) in [7, 11) is 0. The minimum atomic E-state index is -3.23. The van der Waals surface area contributed by atoms with E-state index in [1.54, 1.807) is 6.40 Å². The fraction of sp³-hybridized carbons (Fsp3) is 0.385. The molecule has 0 aliphatic heterocycles. The van der Waals surface area contributed by atoms with Gasteiger partial charge < -0.3 is 0 Å². The first-order valence-electron chi connectivity index (χ1n) is 10.3. The molecule has 1 nitrogen and oxygen atoms in total. The molecule has 0 spiro atoms. The lowest BCUT2D eigenvalue weighted by molar-refractivity contribution is 0.287. The van der Waals surface area contributed by atoms with Crippen LogP contribution in [0.4, 0.5) is 0 Å². The van der Waals surface area contributed by atoms with Crippen molar-refractivity contribution in [1.82, 2.24) is 4.90 Å². The summed E-state index contributed by atoms with van der Waals surface area (Å²) in [5, 5.41) is 0. The molecule has 1 aromatic carbocycles. The predicted octanol–water partition coefficient (Wildman–Crippen LogP) is 2.18. The maximum Gasteiger partial charge on any atom is 0.124 e. The SMILES string of the molecule is [2H]C#CCN(C([2H])([2H])[2H])[C@@]([2H])(Cc1c([2H])c([2H])c([2H])c([2H])c1[2H])C([2H])([2H])[2H]. The zero-order valence-corrected chi connectivity index (χ0v) is 7.36. The van der Waals surface area contributed by atoms with E-state index in [9.17, 15) is 0 Å². The Balaban J connectivity index is 3.70. The highest BCUT2D eigenvalue weighted by Gasteiger charge is 2.07. The summed E-state index contributed by atoms with van der Waals surface area (Å²) in [6, 6.07) is -6.42. The van der Waals surface area contributed by atoms with E-state index < -0.39 is 68.6 Å². The Kier molecular flexibility index (Phi) is 1.03. The zero-order chi connectivity index (χ0) is 21.4. The third-order valence-corrected chi connectivity index (χ3v) is 1.46. The van der Waals surface area contributed by atoms with Crippen LogP contribution in [0.3, 0.4) is 0 Å². The molecular weight excluding hydrogens is 170 g/mol. The van der Waals surface area contributed by atoms with Crippen molar-refractivity contribution in [2.45, 2.75) is 19.3 Å². The highest BCUT2D eigenvalue weighted by atomic mass is 15.1. The van der Waals surface area contributed by atoms with Gasteiger partial charge in [0.15, 0.2) is 0 Å². The number of rotatable bonds is 4. The number of likely N-dealkylation sites (N-methyl/N-ethyl adjacent to an activating group) is 1. The van der Waals surface area contributed by atoms with E-state index in [1.807, 2.05) is 0 Å². The van der Waals surface area contributed by atoms with Gasteiger partial charge >= 0.3 is 0 Å². The van der Waals surface area contributed by atoms with Crippen molar-refractivity contribution in [3.05, 3.63) is 35.8 Å². The molecule has 0 radical (unpaired) electrons. The van der Waals surface area contributed by atoms with Crippen molar-refractivity contribution in [2.75, 3.05) is 13.5 Å². The lowest BCUT2D eigenvalue weighted by atomic mass is 10.1. The summed E-state index contributed by atoms with van der Waals surface area (Å²) < 4.78 is 99.6. The summed E-state index contributed by atoms with van der Waals surface area (Å²) in [6.07, 6.45) is 0.714. The van der Waals surface area contributed by atoms with Gasteiger partial charge in [0.1, 0.15) is 1.37 Å². The van der Waals surface area contributed by atoms with Crippen LogP contribution in [0.5, 0.6) is 0 Å². The molecule has 0 aliphatic carbocycles. The molecule has 1 atom stereocenters. The van der Waals surface area contributed by atoms with E-state index >= 15 is 0 Å². The Hall–Kier alpha value is -1.26. The van der Waals surface area contributed by atoms with Crippen LogP contribution in [0.15, 0.2) is 30.2 Å². The van der Waals surface area contributed by atoms with Gasteiger partial charge in [-0.15, -0.1) is 6.40 Å². The van der Waals surface area contributed by atoms with Crippen LogP contribution in [0, 0.1) is 12.3 Å². The minimum absolute atomic E-state index is 0.273. The van der Waals surface area contributed by atoms with E-state index in [-0.39, 0.29) is 4.90 Å². The largest absolute Gasteiger partial charge is 0.292 e. The second kappa shape index (κ2) is 5.47. The molecule has 1 aromatic rings. The molecule has 0 heterocycles. The summed E-state index contributed by atoms with van der Waals surface area (Å²) in [5.41, 5.74) is -0.486. The highest BCUT2D eigenvalue weighted by molar-refractivity contribution is 5.15. The van der Waals surface area contributed by atoms with Crippen molar-refractivity contribution < 1.29 is 17.8 Å². The fourth-order valence-corrected chi connectivity index (χ4v) is 0.802. The zero-order valence-electron chi connectivity index (χ0n) is 20.4.